The minimum atomic E-state index is 0. The van der Waals surface area contributed by atoms with Crippen molar-refractivity contribution in [2.24, 2.45) is 0 Å². The van der Waals surface area contributed by atoms with Crippen LogP contribution < -0.4 is 34.0 Å². The summed E-state index contributed by atoms with van der Waals surface area (Å²) in [5.74, 6) is 0. The van der Waals surface area contributed by atoms with Gasteiger partial charge in [0.25, 0.3) is 0 Å². The Morgan fingerprint density at radius 3 is 1.33 bits per heavy atom. The topological polar surface area (TPSA) is 0 Å². The molecule has 0 atom stereocenters. The maximum absolute atomic E-state index is 2.30. The van der Waals surface area contributed by atoms with Crippen LogP contribution in [0.2, 0.25) is 8.87 Å². The SMILES string of the molecule is CCCCC[CH2][Sn+2][CH2]CCCCC.[Br-].[Br-]. The van der Waals surface area contributed by atoms with Crippen LogP contribution >= 0.6 is 0 Å². The Labute approximate surface area is 128 Å². The Morgan fingerprint density at radius 2 is 1.00 bits per heavy atom. The molecule has 0 unspecified atom stereocenters. The molecule has 0 aromatic heterocycles. The molecule has 0 aromatic rings. The van der Waals surface area contributed by atoms with Crippen molar-refractivity contribution in [3.63, 3.8) is 0 Å². The quantitative estimate of drug-likeness (QED) is 0.288. The van der Waals surface area contributed by atoms with E-state index in [0.717, 1.165) is 0 Å². The zero-order valence-electron chi connectivity index (χ0n) is 10.3. The van der Waals surface area contributed by atoms with Gasteiger partial charge in [-0.1, -0.05) is 0 Å². The fourth-order valence-corrected chi connectivity index (χ4v) is 5.05. The summed E-state index contributed by atoms with van der Waals surface area (Å²) in [5, 5.41) is 0. The first kappa shape index (κ1) is 22.0. The molecule has 0 saturated heterocycles. The summed E-state index contributed by atoms with van der Waals surface area (Å²) < 4.78 is 3.30. The summed E-state index contributed by atoms with van der Waals surface area (Å²) >= 11 is 0.104. The van der Waals surface area contributed by atoms with E-state index in [1.54, 1.807) is 21.7 Å². The molecule has 0 bridgehead atoms. The van der Waals surface area contributed by atoms with Crippen molar-refractivity contribution in [1.29, 1.82) is 0 Å². The molecule has 0 aliphatic carbocycles. The average Bonchev–Trinajstić information content (AvgIpc) is 2.16. The molecule has 3 heteroatoms. The molecule has 0 aliphatic rings. The fraction of sp³-hybridized carbons (Fsp3) is 1.00. The maximum atomic E-state index is 2.30. The van der Waals surface area contributed by atoms with Gasteiger partial charge in [0, 0.05) is 0 Å². The van der Waals surface area contributed by atoms with Crippen LogP contribution in [0.1, 0.15) is 65.2 Å². The molecule has 0 N–H and O–H groups in total. The maximum Gasteiger partial charge on any atom is -1.00 e. The second-order valence-corrected chi connectivity index (χ2v) is 8.15. The summed E-state index contributed by atoms with van der Waals surface area (Å²) in [6, 6.07) is 0. The van der Waals surface area contributed by atoms with Crippen molar-refractivity contribution >= 4 is 21.1 Å². The molecule has 0 aliphatic heterocycles. The van der Waals surface area contributed by atoms with Gasteiger partial charge in [0.15, 0.2) is 0 Å². The molecule has 0 amide bonds. The predicted octanol–water partition coefficient (Wildman–Crippen LogP) is -1.30. The van der Waals surface area contributed by atoms with Crippen LogP contribution in [0.15, 0.2) is 0 Å². The molecular formula is C12H26Br2Sn. The van der Waals surface area contributed by atoms with Gasteiger partial charge < -0.3 is 34.0 Å². The van der Waals surface area contributed by atoms with E-state index in [1.165, 1.54) is 38.5 Å². The van der Waals surface area contributed by atoms with Crippen LogP contribution in [0.4, 0.5) is 0 Å². The summed E-state index contributed by atoms with van der Waals surface area (Å²) in [4.78, 5) is 0. The number of hydrogen-bond donors (Lipinski definition) is 0. The van der Waals surface area contributed by atoms with Crippen LogP contribution in [-0.4, -0.2) is 21.1 Å². The summed E-state index contributed by atoms with van der Waals surface area (Å²) in [7, 11) is 0. The van der Waals surface area contributed by atoms with Gasteiger partial charge in [-0.25, -0.2) is 0 Å². The second-order valence-electron chi connectivity index (χ2n) is 3.87. The standard InChI is InChI=1S/2C6H13.2BrH.Sn/c2*1-3-5-6-4-2;;;/h2*1,3-6H2,2H3;2*1H;/q;;;;+2/p-2. The molecule has 92 valence electrons. The first-order chi connectivity index (χ1) is 6.41. The zero-order chi connectivity index (χ0) is 9.78. The van der Waals surface area contributed by atoms with Crippen molar-refractivity contribution < 1.29 is 34.0 Å². The van der Waals surface area contributed by atoms with Gasteiger partial charge >= 0.3 is 95.2 Å². The normalized spacial score (nSPS) is 8.67. The third-order valence-electron chi connectivity index (χ3n) is 2.41. The Morgan fingerprint density at radius 1 is 0.600 bits per heavy atom. The molecule has 0 spiro atoms. The summed E-state index contributed by atoms with van der Waals surface area (Å²) in [6.45, 7) is 4.59. The minimum Gasteiger partial charge on any atom is -1.00 e. The van der Waals surface area contributed by atoms with Crippen molar-refractivity contribution in [3.8, 4) is 0 Å². The number of halogens is 2. The van der Waals surface area contributed by atoms with Crippen LogP contribution in [0.5, 0.6) is 0 Å². The van der Waals surface area contributed by atoms with Gasteiger partial charge in [-0.05, 0) is 0 Å². The Bertz CT molecular complexity index is 79.7. The molecule has 0 saturated carbocycles. The molecule has 0 nitrogen and oxygen atoms in total. The van der Waals surface area contributed by atoms with Crippen LogP contribution in [0.3, 0.4) is 0 Å². The van der Waals surface area contributed by atoms with E-state index in [1.807, 2.05) is 0 Å². The van der Waals surface area contributed by atoms with E-state index in [2.05, 4.69) is 13.8 Å². The van der Waals surface area contributed by atoms with Gasteiger partial charge in [0.1, 0.15) is 0 Å². The third kappa shape index (κ3) is 21.6. The van der Waals surface area contributed by atoms with E-state index in [0.29, 0.717) is 0 Å². The number of unbranched alkanes of at least 4 members (excludes halogenated alkanes) is 6. The molecule has 0 aromatic carbocycles. The van der Waals surface area contributed by atoms with E-state index >= 15 is 0 Å². The second kappa shape index (κ2) is 21.1. The van der Waals surface area contributed by atoms with Crippen LogP contribution in [0.25, 0.3) is 0 Å². The molecular weight excluding hydrogens is 423 g/mol. The molecule has 0 radical (unpaired) electrons. The van der Waals surface area contributed by atoms with E-state index < -0.39 is 0 Å². The Hall–Kier alpha value is 1.76. The first-order valence-corrected chi connectivity index (χ1v) is 10.2. The van der Waals surface area contributed by atoms with Gasteiger partial charge in [0.2, 0.25) is 0 Å². The zero-order valence-corrected chi connectivity index (χ0v) is 16.4. The number of hydrogen-bond acceptors (Lipinski definition) is 0. The first-order valence-electron chi connectivity index (χ1n) is 6.12. The van der Waals surface area contributed by atoms with Crippen molar-refractivity contribution in [2.75, 3.05) is 0 Å². The van der Waals surface area contributed by atoms with Crippen molar-refractivity contribution in [2.45, 2.75) is 74.1 Å². The van der Waals surface area contributed by atoms with Crippen LogP contribution in [-0.2, 0) is 0 Å². The predicted molar refractivity (Wildman–Crippen MR) is 63.7 cm³/mol. The van der Waals surface area contributed by atoms with Crippen molar-refractivity contribution in [3.05, 3.63) is 0 Å². The Balaban J connectivity index is -0.000000720. The smallest absolute Gasteiger partial charge is 1.00 e. The molecule has 0 heterocycles. The van der Waals surface area contributed by atoms with E-state index in [-0.39, 0.29) is 55.1 Å². The van der Waals surface area contributed by atoms with Gasteiger partial charge in [-0.15, -0.1) is 0 Å². The van der Waals surface area contributed by atoms with Gasteiger partial charge in [0.05, 0.1) is 0 Å². The number of rotatable bonds is 10. The monoisotopic (exact) mass is 448 g/mol. The third-order valence-corrected chi connectivity index (χ3v) is 6.45. The fourth-order valence-electron chi connectivity index (χ4n) is 1.48. The molecule has 0 rings (SSSR count). The van der Waals surface area contributed by atoms with Gasteiger partial charge in [-0.3, -0.25) is 0 Å². The molecule has 15 heavy (non-hydrogen) atoms. The average molecular weight is 449 g/mol. The molecule has 0 fully saturated rings. The van der Waals surface area contributed by atoms with E-state index in [4.69, 9.17) is 0 Å². The van der Waals surface area contributed by atoms with Crippen LogP contribution in [0, 0.1) is 0 Å². The van der Waals surface area contributed by atoms with E-state index in [9.17, 15) is 0 Å². The Kier molecular flexibility index (Phi) is 30.9. The summed E-state index contributed by atoms with van der Waals surface area (Å²) in [5.41, 5.74) is 0. The summed E-state index contributed by atoms with van der Waals surface area (Å²) in [6.07, 6.45) is 11.8. The van der Waals surface area contributed by atoms with Crippen molar-refractivity contribution in [1.82, 2.24) is 0 Å². The minimum absolute atomic E-state index is 0. The largest absolute Gasteiger partial charge is 1.00 e. The van der Waals surface area contributed by atoms with Gasteiger partial charge in [-0.2, -0.15) is 0 Å².